The van der Waals surface area contributed by atoms with Gasteiger partial charge in [0.2, 0.25) is 0 Å². The van der Waals surface area contributed by atoms with Crippen molar-refractivity contribution in [2.75, 3.05) is 4.90 Å². The van der Waals surface area contributed by atoms with Crippen molar-refractivity contribution in [1.29, 1.82) is 0 Å². The second-order valence-electron chi connectivity index (χ2n) is 4.71. The fourth-order valence-electron chi connectivity index (χ4n) is 1.65. The first kappa shape index (κ1) is 22.6. The minimum Gasteiger partial charge on any atom is -0.263 e. The zero-order valence-corrected chi connectivity index (χ0v) is 12.0. The maximum atomic E-state index is 12.7. The van der Waals surface area contributed by atoms with E-state index in [0.29, 0.717) is 0 Å². The van der Waals surface area contributed by atoms with Gasteiger partial charge in [0, 0.05) is 0 Å². The Hall–Kier alpha value is -2.48. The van der Waals surface area contributed by atoms with Gasteiger partial charge in [0.15, 0.2) is 0 Å². The van der Waals surface area contributed by atoms with Crippen molar-refractivity contribution in [2.45, 2.75) is 24.7 Å². The van der Waals surface area contributed by atoms with Crippen LogP contribution in [-0.4, -0.2) is 24.2 Å². The van der Waals surface area contributed by atoms with Gasteiger partial charge in [-0.3, -0.25) is 9.59 Å². The van der Waals surface area contributed by atoms with Gasteiger partial charge in [-0.2, -0.15) is 52.7 Å². The predicted molar refractivity (Wildman–Crippen MR) is 61.0 cm³/mol. The van der Waals surface area contributed by atoms with Crippen LogP contribution in [0.1, 0.15) is 11.1 Å². The molecule has 0 N–H and O–H groups in total. The van der Waals surface area contributed by atoms with Crippen molar-refractivity contribution in [3.05, 3.63) is 29.3 Å². The fraction of sp³-hybridized carbons (Fsp3) is 0.333. The van der Waals surface area contributed by atoms with Crippen LogP contribution in [0.25, 0.3) is 0 Å². The molecule has 0 spiro atoms. The first-order chi connectivity index (χ1) is 11.8. The van der Waals surface area contributed by atoms with E-state index in [1.165, 1.54) is 0 Å². The molecule has 1 aromatic rings. The summed E-state index contributed by atoms with van der Waals surface area (Å²) in [4.78, 5) is 20.3. The normalized spacial score (nSPS) is 13.5. The highest BCUT2D eigenvalue weighted by Crippen LogP contribution is 2.40. The topological polar surface area (TPSA) is 37.4 Å². The summed E-state index contributed by atoms with van der Waals surface area (Å²) in [5.74, 6) is -7.26. The molecule has 0 saturated carbocycles. The van der Waals surface area contributed by atoms with E-state index in [4.69, 9.17) is 0 Å². The van der Waals surface area contributed by atoms with E-state index >= 15 is 0 Å². The van der Waals surface area contributed by atoms with Crippen LogP contribution in [0.4, 0.5) is 58.4 Å². The van der Waals surface area contributed by atoms with E-state index in [2.05, 4.69) is 0 Å². The number of hydrogen-bond donors (Lipinski definition) is 0. The standard InChI is InChI=1S/C12H3F12NO2/c13-9(14,15)4-1-5(10(16,17)18)3-6(2-4)25(7(26)11(19,20)21)8(27)12(22,23)24/h1-3H. The van der Waals surface area contributed by atoms with E-state index in [0.717, 1.165) is 0 Å². The molecule has 0 aliphatic heterocycles. The van der Waals surface area contributed by atoms with Crippen LogP contribution in [0.15, 0.2) is 18.2 Å². The molecule has 1 rings (SSSR count). The Labute approximate surface area is 140 Å². The van der Waals surface area contributed by atoms with E-state index < -0.39 is 76.4 Å². The van der Waals surface area contributed by atoms with Crippen molar-refractivity contribution >= 4 is 17.5 Å². The molecule has 3 nitrogen and oxygen atoms in total. The highest BCUT2D eigenvalue weighted by Gasteiger charge is 2.53. The zero-order chi connectivity index (χ0) is 21.6. The second kappa shape index (κ2) is 6.60. The van der Waals surface area contributed by atoms with Gasteiger partial charge >= 0.3 is 36.5 Å². The van der Waals surface area contributed by atoms with Gasteiger partial charge in [0.1, 0.15) is 0 Å². The summed E-state index contributed by atoms with van der Waals surface area (Å²) in [5, 5.41) is 0. The molecule has 0 unspecified atom stereocenters. The van der Waals surface area contributed by atoms with Crippen LogP contribution in [0.3, 0.4) is 0 Å². The number of carbonyl (C=O) groups excluding carboxylic acids is 2. The average molecular weight is 421 g/mol. The van der Waals surface area contributed by atoms with Gasteiger partial charge in [-0.15, -0.1) is 0 Å². The third kappa shape index (κ3) is 5.26. The summed E-state index contributed by atoms with van der Waals surface area (Å²) in [7, 11) is 0. The van der Waals surface area contributed by atoms with Gasteiger partial charge in [-0.25, -0.2) is 4.90 Å². The molecular weight excluding hydrogens is 418 g/mol. The number of anilines is 1. The molecular formula is C12H3F12NO2. The summed E-state index contributed by atoms with van der Waals surface area (Å²) < 4.78 is 151. The van der Waals surface area contributed by atoms with E-state index in [1.807, 2.05) is 0 Å². The Morgan fingerprint density at radius 2 is 0.889 bits per heavy atom. The number of halogens is 12. The molecule has 0 atom stereocenters. The molecule has 2 amide bonds. The molecule has 1 aromatic carbocycles. The maximum Gasteiger partial charge on any atom is 0.472 e. The Morgan fingerprint density at radius 1 is 0.593 bits per heavy atom. The number of hydrogen-bond acceptors (Lipinski definition) is 2. The molecule has 152 valence electrons. The predicted octanol–water partition coefficient (Wildman–Crippen LogP) is 4.71. The maximum absolute atomic E-state index is 12.7. The molecule has 0 radical (unpaired) electrons. The van der Waals surface area contributed by atoms with E-state index in [9.17, 15) is 62.3 Å². The second-order valence-corrected chi connectivity index (χ2v) is 4.71. The molecule has 0 heterocycles. The lowest BCUT2D eigenvalue weighted by Gasteiger charge is -2.24. The van der Waals surface area contributed by atoms with Crippen molar-refractivity contribution in [3.8, 4) is 0 Å². The summed E-state index contributed by atoms with van der Waals surface area (Å²) in [6, 6.07) is -1.86. The van der Waals surface area contributed by atoms with Crippen molar-refractivity contribution in [1.82, 2.24) is 0 Å². The summed E-state index contributed by atoms with van der Waals surface area (Å²) in [6.07, 6.45) is -23.7. The highest BCUT2D eigenvalue weighted by molar-refractivity contribution is 6.18. The number of alkyl halides is 12. The average Bonchev–Trinajstić information content (AvgIpc) is 2.43. The van der Waals surface area contributed by atoms with Crippen molar-refractivity contribution in [3.63, 3.8) is 0 Å². The van der Waals surface area contributed by atoms with Gasteiger partial charge in [-0.05, 0) is 18.2 Å². The third-order valence-corrected chi connectivity index (χ3v) is 2.72. The largest absolute Gasteiger partial charge is 0.472 e. The summed E-state index contributed by atoms with van der Waals surface area (Å²) in [5.41, 5.74) is -6.87. The molecule has 0 aliphatic rings. The Balaban J connectivity index is 3.81. The van der Waals surface area contributed by atoms with Crippen LogP contribution in [0.2, 0.25) is 0 Å². The first-order valence-corrected chi connectivity index (χ1v) is 6.08. The van der Waals surface area contributed by atoms with E-state index in [1.54, 1.807) is 0 Å². The van der Waals surface area contributed by atoms with Crippen LogP contribution in [-0.2, 0) is 21.9 Å². The molecule has 27 heavy (non-hydrogen) atoms. The van der Waals surface area contributed by atoms with Gasteiger partial charge in [-0.1, -0.05) is 0 Å². The first-order valence-electron chi connectivity index (χ1n) is 6.08. The number of carbonyl (C=O) groups is 2. The van der Waals surface area contributed by atoms with Crippen molar-refractivity contribution < 1.29 is 62.3 Å². The smallest absolute Gasteiger partial charge is 0.263 e. The van der Waals surface area contributed by atoms with Crippen LogP contribution < -0.4 is 4.90 Å². The number of amides is 2. The van der Waals surface area contributed by atoms with Crippen LogP contribution in [0.5, 0.6) is 0 Å². The molecule has 15 heteroatoms. The monoisotopic (exact) mass is 421 g/mol. The number of nitrogens with zero attached hydrogens (tertiary/aromatic N) is 1. The minimum absolute atomic E-state index is 0.613. The molecule has 0 aromatic heterocycles. The molecule has 0 saturated heterocycles. The Bertz CT molecular complexity index is 682. The van der Waals surface area contributed by atoms with E-state index in [-0.39, 0.29) is 0 Å². The lowest BCUT2D eigenvalue weighted by molar-refractivity contribution is -0.182. The van der Waals surface area contributed by atoms with Gasteiger partial charge < -0.3 is 0 Å². The third-order valence-electron chi connectivity index (χ3n) is 2.72. The quantitative estimate of drug-likeness (QED) is 0.617. The molecule has 0 fully saturated rings. The van der Waals surface area contributed by atoms with Gasteiger partial charge in [0.25, 0.3) is 0 Å². The number of benzene rings is 1. The van der Waals surface area contributed by atoms with Crippen LogP contribution in [0, 0.1) is 0 Å². The number of imide groups is 1. The SMILES string of the molecule is O=C(N(C(=O)C(F)(F)F)c1cc(C(F)(F)F)cc(C(F)(F)F)c1)C(F)(F)F. The lowest BCUT2D eigenvalue weighted by atomic mass is 10.1. The van der Waals surface area contributed by atoms with Crippen molar-refractivity contribution in [2.24, 2.45) is 0 Å². The minimum atomic E-state index is -6.21. The summed E-state index contributed by atoms with van der Waals surface area (Å²) in [6.45, 7) is 0. The van der Waals surface area contributed by atoms with Crippen LogP contribution >= 0.6 is 0 Å². The van der Waals surface area contributed by atoms with Gasteiger partial charge in [0.05, 0.1) is 16.8 Å². The lowest BCUT2D eigenvalue weighted by Crippen LogP contribution is -2.50. The number of rotatable bonds is 1. The Kier molecular flexibility index (Phi) is 5.51. The Morgan fingerprint density at radius 3 is 1.11 bits per heavy atom. The highest BCUT2D eigenvalue weighted by atomic mass is 19.4. The fourth-order valence-corrected chi connectivity index (χ4v) is 1.65. The molecule has 0 bridgehead atoms. The molecule has 0 aliphatic carbocycles. The zero-order valence-electron chi connectivity index (χ0n) is 12.0. The summed E-state index contributed by atoms with van der Waals surface area (Å²) >= 11 is 0.